The van der Waals surface area contributed by atoms with Crippen LogP contribution in [0, 0.1) is 0 Å². The van der Waals surface area contributed by atoms with Gasteiger partial charge in [0.25, 0.3) is 0 Å². The summed E-state index contributed by atoms with van der Waals surface area (Å²) in [5.74, 6) is -2.96. The molecule has 20 heavy (non-hydrogen) atoms. The molecule has 0 radical (unpaired) electrons. The molecule has 0 saturated carbocycles. The fourth-order valence-corrected chi connectivity index (χ4v) is 2.12. The lowest BCUT2D eigenvalue weighted by molar-refractivity contribution is -0.137. The van der Waals surface area contributed by atoms with Crippen LogP contribution >= 0.6 is 11.6 Å². The average molecular weight is 296 g/mol. The van der Waals surface area contributed by atoms with Crippen LogP contribution in [0.1, 0.15) is 28.1 Å². The summed E-state index contributed by atoms with van der Waals surface area (Å²) in [5, 5.41) is 18.7. The average Bonchev–Trinajstić information content (AvgIpc) is 2.74. The van der Waals surface area contributed by atoms with Crippen LogP contribution in [0.15, 0.2) is 24.3 Å². The second kappa shape index (κ2) is 5.34. The molecule has 6 nitrogen and oxygen atoms in total. The molecule has 0 atom stereocenters. The number of carboxylic acids is 2. The molecule has 2 rings (SSSR count). The third-order valence-electron chi connectivity index (χ3n) is 2.78. The van der Waals surface area contributed by atoms with E-state index in [0.29, 0.717) is 15.9 Å². The molecule has 7 heteroatoms. The van der Waals surface area contributed by atoms with Crippen LogP contribution < -0.4 is 0 Å². The number of aromatic carboxylic acids is 1. The van der Waals surface area contributed by atoms with E-state index in [4.69, 9.17) is 21.8 Å². The van der Waals surface area contributed by atoms with Gasteiger partial charge in [0.15, 0.2) is 0 Å². The molecular weight excluding hydrogens is 286 g/mol. The SMILES string of the molecule is O=C(O)CCC(=O)n1c(C(=O)O)cc2cc(Cl)ccc21. The van der Waals surface area contributed by atoms with E-state index in [1.165, 1.54) is 18.2 Å². The number of carboxylic acid groups (broad SMARTS) is 2. The van der Waals surface area contributed by atoms with Gasteiger partial charge in [-0.2, -0.15) is 0 Å². The number of halogens is 1. The van der Waals surface area contributed by atoms with E-state index < -0.39 is 17.8 Å². The zero-order valence-electron chi connectivity index (χ0n) is 10.2. The van der Waals surface area contributed by atoms with Crippen molar-refractivity contribution in [3.8, 4) is 0 Å². The van der Waals surface area contributed by atoms with Gasteiger partial charge in [-0.15, -0.1) is 0 Å². The molecule has 1 aromatic heterocycles. The Bertz CT molecular complexity index is 719. The zero-order chi connectivity index (χ0) is 14.9. The van der Waals surface area contributed by atoms with Gasteiger partial charge in [0, 0.05) is 16.8 Å². The van der Waals surface area contributed by atoms with E-state index in [-0.39, 0.29) is 18.5 Å². The molecule has 104 valence electrons. The van der Waals surface area contributed by atoms with Gasteiger partial charge in [-0.3, -0.25) is 14.2 Å². The van der Waals surface area contributed by atoms with E-state index in [9.17, 15) is 14.4 Å². The van der Waals surface area contributed by atoms with Gasteiger partial charge in [0.05, 0.1) is 11.9 Å². The predicted molar refractivity (Wildman–Crippen MR) is 71.4 cm³/mol. The molecule has 0 aliphatic rings. The monoisotopic (exact) mass is 295 g/mol. The molecular formula is C13H10ClNO5. The van der Waals surface area contributed by atoms with Crippen molar-refractivity contribution in [3.63, 3.8) is 0 Å². The maximum absolute atomic E-state index is 12.0. The summed E-state index contributed by atoms with van der Waals surface area (Å²) in [6.45, 7) is 0. The topological polar surface area (TPSA) is 96.6 Å². The highest BCUT2D eigenvalue weighted by Gasteiger charge is 2.20. The molecule has 1 heterocycles. The van der Waals surface area contributed by atoms with E-state index in [0.717, 1.165) is 4.57 Å². The first-order valence-electron chi connectivity index (χ1n) is 5.69. The molecule has 1 aromatic carbocycles. The summed E-state index contributed by atoms with van der Waals surface area (Å²) in [7, 11) is 0. The lowest BCUT2D eigenvalue weighted by atomic mass is 10.2. The van der Waals surface area contributed by atoms with Crippen molar-refractivity contribution in [2.24, 2.45) is 0 Å². The Labute approximate surface area is 118 Å². The molecule has 0 unspecified atom stereocenters. The van der Waals surface area contributed by atoms with Gasteiger partial charge < -0.3 is 10.2 Å². The normalized spacial score (nSPS) is 10.7. The number of nitrogens with zero attached hydrogens (tertiary/aromatic N) is 1. The highest BCUT2D eigenvalue weighted by molar-refractivity contribution is 6.31. The van der Waals surface area contributed by atoms with Gasteiger partial charge >= 0.3 is 11.9 Å². The van der Waals surface area contributed by atoms with Crippen LogP contribution in [0.5, 0.6) is 0 Å². The number of hydrogen-bond donors (Lipinski definition) is 2. The minimum Gasteiger partial charge on any atom is -0.481 e. The van der Waals surface area contributed by atoms with Gasteiger partial charge in [-0.1, -0.05) is 11.6 Å². The summed E-state index contributed by atoms with van der Waals surface area (Å²) < 4.78 is 1.01. The van der Waals surface area contributed by atoms with Crippen LogP contribution in [0.25, 0.3) is 10.9 Å². The lowest BCUT2D eigenvalue weighted by Gasteiger charge is -2.06. The molecule has 0 fully saturated rings. The lowest BCUT2D eigenvalue weighted by Crippen LogP contribution is -2.17. The van der Waals surface area contributed by atoms with Crippen molar-refractivity contribution < 1.29 is 24.6 Å². The highest BCUT2D eigenvalue weighted by Crippen LogP contribution is 2.24. The molecule has 0 bridgehead atoms. The Morgan fingerprint density at radius 1 is 1.10 bits per heavy atom. The number of hydrogen-bond acceptors (Lipinski definition) is 3. The van der Waals surface area contributed by atoms with Crippen molar-refractivity contribution in [2.75, 3.05) is 0 Å². The van der Waals surface area contributed by atoms with Crippen LogP contribution in [-0.4, -0.2) is 32.6 Å². The number of carbonyl (C=O) groups is 3. The quantitative estimate of drug-likeness (QED) is 0.903. The van der Waals surface area contributed by atoms with E-state index in [2.05, 4.69) is 0 Å². The third kappa shape index (κ3) is 2.65. The van der Waals surface area contributed by atoms with Crippen molar-refractivity contribution in [3.05, 3.63) is 35.0 Å². The zero-order valence-corrected chi connectivity index (χ0v) is 10.9. The summed E-state index contributed by atoms with van der Waals surface area (Å²) in [6.07, 6.45) is -0.632. The maximum Gasteiger partial charge on any atom is 0.352 e. The van der Waals surface area contributed by atoms with E-state index in [1.807, 2.05) is 0 Å². The third-order valence-corrected chi connectivity index (χ3v) is 3.02. The molecule has 2 aromatic rings. The summed E-state index contributed by atoms with van der Waals surface area (Å²) in [5.41, 5.74) is 0.180. The largest absolute Gasteiger partial charge is 0.481 e. The van der Waals surface area contributed by atoms with Gasteiger partial charge in [0.1, 0.15) is 5.69 Å². The van der Waals surface area contributed by atoms with Gasteiger partial charge in [-0.05, 0) is 24.3 Å². The van der Waals surface area contributed by atoms with Crippen molar-refractivity contribution >= 4 is 40.3 Å². The van der Waals surface area contributed by atoms with E-state index >= 15 is 0 Å². The fourth-order valence-electron chi connectivity index (χ4n) is 1.94. The summed E-state index contributed by atoms with van der Waals surface area (Å²) in [4.78, 5) is 33.7. The fraction of sp³-hybridized carbons (Fsp3) is 0.154. The Hall–Kier alpha value is -2.34. The molecule has 0 saturated heterocycles. The first kappa shape index (κ1) is 14.1. The summed E-state index contributed by atoms with van der Waals surface area (Å²) in [6, 6.07) is 5.95. The second-order valence-electron chi connectivity index (χ2n) is 4.16. The molecule has 2 N–H and O–H groups in total. The van der Waals surface area contributed by atoms with Gasteiger partial charge in [0.2, 0.25) is 5.91 Å². The number of aliphatic carboxylic acids is 1. The Balaban J connectivity index is 2.54. The molecule has 0 amide bonds. The van der Waals surface area contributed by atoms with Crippen LogP contribution in [0.4, 0.5) is 0 Å². The molecule has 0 aliphatic heterocycles. The smallest absolute Gasteiger partial charge is 0.352 e. The Kier molecular flexibility index (Phi) is 3.76. The number of fused-ring (bicyclic) bond motifs is 1. The van der Waals surface area contributed by atoms with Crippen molar-refractivity contribution in [1.29, 1.82) is 0 Å². The number of carbonyl (C=O) groups excluding carboxylic acids is 1. The molecule has 0 spiro atoms. The number of rotatable bonds is 4. The van der Waals surface area contributed by atoms with Crippen molar-refractivity contribution in [2.45, 2.75) is 12.8 Å². The Morgan fingerprint density at radius 3 is 2.40 bits per heavy atom. The second-order valence-corrected chi connectivity index (χ2v) is 4.60. The highest BCUT2D eigenvalue weighted by atomic mass is 35.5. The van der Waals surface area contributed by atoms with E-state index in [1.54, 1.807) is 6.07 Å². The summed E-state index contributed by atoms with van der Waals surface area (Å²) >= 11 is 5.82. The minimum atomic E-state index is -1.26. The van der Waals surface area contributed by atoms with Crippen LogP contribution in [-0.2, 0) is 4.79 Å². The number of benzene rings is 1. The maximum atomic E-state index is 12.0. The first-order valence-corrected chi connectivity index (χ1v) is 6.07. The van der Waals surface area contributed by atoms with Gasteiger partial charge in [-0.25, -0.2) is 4.79 Å². The van der Waals surface area contributed by atoms with Crippen LogP contribution in [0.3, 0.4) is 0 Å². The number of aromatic nitrogens is 1. The van der Waals surface area contributed by atoms with Crippen molar-refractivity contribution in [1.82, 2.24) is 4.57 Å². The Morgan fingerprint density at radius 2 is 1.80 bits per heavy atom. The standard InChI is InChI=1S/C13H10ClNO5/c14-8-1-2-9-7(5-8)6-10(13(19)20)15(9)11(16)3-4-12(17)18/h1-2,5-6H,3-4H2,(H,17,18)(H,19,20). The predicted octanol–water partition coefficient (Wildman–Crippen LogP) is 2.50. The molecule has 0 aliphatic carbocycles. The minimum absolute atomic E-state index is 0.211. The van der Waals surface area contributed by atoms with Crippen LogP contribution in [0.2, 0.25) is 5.02 Å². The first-order chi connectivity index (χ1) is 9.40.